The van der Waals surface area contributed by atoms with Gasteiger partial charge < -0.3 is 14.2 Å². The smallest absolute Gasteiger partial charge is 0.306 e. The van der Waals surface area contributed by atoms with Gasteiger partial charge in [0.2, 0.25) is 0 Å². The lowest BCUT2D eigenvalue weighted by Crippen LogP contribution is -2.30. The molecule has 358 valence electrons. The summed E-state index contributed by atoms with van der Waals surface area (Å²) in [6.07, 6.45) is 62.1. The van der Waals surface area contributed by atoms with E-state index in [0.717, 1.165) is 70.6 Å². The van der Waals surface area contributed by atoms with Crippen molar-refractivity contribution in [3.8, 4) is 0 Å². The fourth-order valence-electron chi connectivity index (χ4n) is 7.32. The number of hydrogen-bond acceptors (Lipinski definition) is 6. The number of carbonyl (C=O) groups is 3. The number of esters is 3. The van der Waals surface area contributed by atoms with Crippen molar-refractivity contribution in [1.82, 2.24) is 0 Å². The third-order valence-electron chi connectivity index (χ3n) is 11.3. The summed E-state index contributed by atoms with van der Waals surface area (Å²) in [5.74, 6) is -0.985. The van der Waals surface area contributed by atoms with Gasteiger partial charge in [0, 0.05) is 19.3 Å². The van der Waals surface area contributed by atoms with Crippen molar-refractivity contribution in [2.45, 2.75) is 264 Å². The van der Waals surface area contributed by atoms with Crippen LogP contribution in [-0.4, -0.2) is 37.2 Å². The second-order valence-corrected chi connectivity index (χ2v) is 17.5. The van der Waals surface area contributed by atoms with Gasteiger partial charge in [0.05, 0.1) is 0 Å². The van der Waals surface area contributed by atoms with Gasteiger partial charge in [0.25, 0.3) is 0 Å². The Morgan fingerprint density at radius 1 is 0.339 bits per heavy atom. The highest BCUT2D eigenvalue weighted by molar-refractivity contribution is 5.71. The monoisotopic (exact) mass is 867 g/mol. The van der Waals surface area contributed by atoms with Crippen LogP contribution in [0, 0.1) is 0 Å². The molecule has 0 aliphatic carbocycles. The predicted octanol–water partition coefficient (Wildman–Crippen LogP) is 17.3. The van der Waals surface area contributed by atoms with Gasteiger partial charge in [-0.3, -0.25) is 14.4 Å². The zero-order valence-electron chi connectivity index (χ0n) is 40.9. The molecule has 0 aromatic heterocycles. The van der Waals surface area contributed by atoms with Gasteiger partial charge in [-0.15, -0.1) is 0 Å². The first kappa shape index (κ1) is 59.1. The molecule has 1 atom stereocenters. The summed E-state index contributed by atoms with van der Waals surface area (Å²) in [7, 11) is 0. The fourth-order valence-corrected chi connectivity index (χ4v) is 7.32. The van der Waals surface area contributed by atoms with Crippen LogP contribution in [0.3, 0.4) is 0 Å². The average Bonchev–Trinajstić information content (AvgIpc) is 3.27. The minimum absolute atomic E-state index is 0.102. The Kier molecular flexibility index (Phi) is 48.4. The quantitative estimate of drug-likeness (QED) is 0.0199. The summed E-state index contributed by atoms with van der Waals surface area (Å²) in [6.45, 7) is 6.55. The summed E-state index contributed by atoms with van der Waals surface area (Å²) >= 11 is 0. The lowest BCUT2D eigenvalue weighted by molar-refractivity contribution is -0.166. The molecule has 0 amide bonds. The van der Waals surface area contributed by atoms with E-state index in [1.165, 1.54) is 141 Å². The molecule has 0 radical (unpaired) electrons. The summed E-state index contributed by atoms with van der Waals surface area (Å²) in [4.78, 5) is 37.9. The van der Waals surface area contributed by atoms with Crippen LogP contribution in [0.15, 0.2) is 60.8 Å². The predicted molar refractivity (Wildman–Crippen MR) is 265 cm³/mol. The Morgan fingerprint density at radius 2 is 0.677 bits per heavy atom. The van der Waals surface area contributed by atoms with Crippen molar-refractivity contribution in [1.29, 1.82) is 0 Å². The number of hydrogen-bond donors (Lipinski definition) is 0. The zero-order valence-corrected chi connectivity index (χ0v) is 40.9. The van der Waals surface area contributed by atoms with Gasteiger partial charge in [0.15, 0.2) is 6.10 Å². The van der Waals surface area contributed by atoms with Crippen LogP contribution in [0.1, 0.15) is 258 Å². The van der Waals surface area contributed by atoms with Crippen molar-refractivity contribution in [3.05, 3.63) is 60.8 Å². The first-order valence-electron chi connectivity index (χ1n) is 26.3. The van der Waals surface area contributed by atoms with E-state index in [4.69, 9.17) is 14.2 Å². The Hall–Kier alpha value is -2.89. The highest BCUT2D eigenvalue weighted by Crippen LogP contribution is 2.14. The van der Waals surface area contributed by atoms with Crippen molar-refractivity contribution in [2.75, 3.05) is 13.2 Å². The molecule has 0 rings (SSSR count). The Balaban J connectivity index is 4.45. The summed E-state index contributed by atoms with van der Waals surface area (Å²) in [5, 5.41) is 0. The topological polar surface area (TPSA) is 78.9 Å². The molecule has 0 bridgehead atoms. The number of unbranched alkanes of at least 4 members (excludes halogenated alkanes) is 28. The normalized spacial score (nSPS) is 12.5. The molecule has 0 heterocycles. The van der Waals surface area contributed by atoms with Gasteiger partial charge in [0.1, 0.15) is 13.2 Å². The Labute approximate surface area is 383 Å². The second-order valence-electron chi connectivity index (χ2n) is 17.5. The molecule has 0 fully saturated rings. The molecule has 1 unspecified atom stereocenters. The van der Waals surface area contributed by atoms with Gasteiger partial charge in [-0.05, 0) is 64.2 Å². The second kappa shape index (κ2) is 50.8. The molecule has 0 aliphatic heterocycles. The fraction of sp³-hybridized carbons (Fsp3) is 0.768. The SMILES string of the molecule is CCCCCCC/C=C/C=C/C=C/CCCCCCCC(=O)OCC(COC(=O)CCCCCCCCCCCCCCC)OC(=O)CC/C=C/C/C=C/CCCCCCCC. The third-order valence-corrected chi connectivity index (χ3v) is 11.3. The van der Waals surface area contributed by atoms with Crippen molar-refractivity contribution in [2.24, 2.45) is 0 Å². The van der Waals surface area contributed by atoms with Crippen molar-refractivity contribution >= 4 is 17.9 Å². The molecule has 0 aromatic rings. The van der Waals surface area contributed by atoms with Gasteiger partial charge in [-0.1, -0.05) is 236 Å². The summed E-state index contributed by atoms with van der Waals surface area (Å²) in [6, 6.07) is 0. The average molecular weight is 867 g/mol. The van der Waals surface area contributed by atoms with E-state index >= 15 is 0 Å². The molecular weight excluding hydrogens is 769 g/mol. The van der Waals surface area contributed by atoms with Crippen LogP contribution < -0.4 is 0 Å². The highest BCUT2D eigenvalue weighted by Gasteiger charge is 2.19. The van der Waals surface area contributed by atoms with E-state index in [1.807, 2.05) is 6.08 Å². The van der Waals surface area contributed by atoms with E-state index in [2.05, 4.69) is 75.5 Å². The first-order chi connectivity index (χ1) is 30.5. The van der Waals surface area contributed by atoms with Crippen LogP contribution >= 0.6 is 0 Å². The summed E-state index contributed by atoms with van der Waals surface area (Å²) in [5.41, 5.74) is 0. The van der Waals surface area contributed by atoms with Crippen LogP contribution in [0.2, 0.25) is 0 Å². The van der Waals surface area contributed by atoms with E-state index in [9.17, 15) is 14.4 Å². The molecular formula is C56H98O6. The molecule has 0 N–H and O–H groups in total. The highest BCUT2D eigenvalue weighted by atomic mass is 16.6. The van der Waals surface area contributed by atoms with Crippen LogP contribution in [0.25, 0.3) is 0 Å². The van der Waals surface area contributed by atoms with Gasteiger partial charge in [-0.2, -0.15) is 0 Å². The maximum absolute atomic E-state index is 12.7. The maximum Gasteiger partial charge on any atom is 0.306 e. The molecule has 0 saturated carbocycles. The molecule has 62 heavy (non-hydrogen) atoms. The third kappa shape index (κ3) is 48.1. The molecule has 0 aliphatic rings. The van der Waals surface area contributed by atoms with Crippen LogP contribution in [-0.2, 0) is 28.6 Å². The van der Waals surface area contributed by atoms with Gasteiger partial charge >= 0.3 is 17.9 Å². The maximum atomic E-state index is 12.7. The Bertz CT molecular complexity index is 1130. The molecule has 0 saturated heterocycles. The number of carbonyl (C=O) groups excluding carboxylic acids is 3. The lowest BCUT2D eigenvalue weighted by atomic mass is 10.0. The number of rotatable bonds is 47. The zero-order chi connectivity index (χ0) is 45.1. The van der Waals surface area contributed by atoms with E-state index in [1.54, 1.807) is 0 Å². The van der Waals surface area contributed by atoms with Crippen LogP contribution in [0.4, 0.5) is 0 Å². The minimum atomic E-state index is -0.810. The molecule has 6 nitrogen and oxygen atoms in total. The standard InChI is InChI=1S/C56H98O6/c1-4-7-10-13-16-19-22-25-26-27-28-29-32-34-37-40-43-46-49-55(58)61-52-53(62-56(59)50-47-44-41-38-35-31-24-21-18-15-12-9-6-3)51-60-54(57)48-45-42-39-36-33-30-23-20-17-14-11-8-5-2/h22,25-29,31,35,41,44,53H,4-21,23-24,30,32-34,36-40,42-43,45-52H2,1-3H3/b25-22+,27-26+,29-28+,35-31+,44-41+. The first-order valence-corrected chi connectivity index (χ1v) is 26.3. The number of ether oxygens (including phenoxy) is 3. The minimum Gasteiger partial charge on any atom is -0.462 e. The lowest BCUT2D eigenvalue weighted by Gasteiger charge is -2.18. The Morgan fingerprint density at radius 3 is 1.08 bits per heavy atom. The van der Waals surface area contributed by atoms with Crippen LogP contribution in [0.5, 0.6) is 0 Å². The van der Waals surface area contributed by atoms with E-state index in [-0.39, 0.29) is 37.5 Å². The van der Waals surface area contributed by atoms with E-state index < -0.39 is 6.10 Å². The van der Waals surface area contributed by atoms with E-state index in [0.29, 0.717) is 19.3 Å². The molecule has 6 heteroatoms. The summed E-state index contributed by atoms with van der Waals surface area (Å²) < 4.78 is 16.7. The molecule has 0 spiro atoms. The van der Waals surface area contributed by atoms with Gasteiger partial charge in [-0.25, -0.2) is 0 Å². The molecule has 0 aromatic carbocycles. The van der Waals surface area contributed by atoms with Crippen molar-refractivity contribution in [3.63, 3.8) is 0 Å². The van der Waals surface area contributed by atoms with Crippen molar-refractivity contribution < 1.29 is 28.6 Å². The number of allylic oxidation sites excluding steroid dienone is 10. The largest absolute Gasteiger partial charge is 0.462 e.